The van der Waals surface area contributed by atoms with E-state index in [-0.39, 0.29) is 16.7 Å². The first kappa shape index (κ1) is 32.0. The number of carbonyl (C=O) groups is 2. The van der Waals surface area contributed by atoms with Crippen LogP contribution in [0.4, 0.5) is 17.3 Å². The highest BCUT2D eigenvalue weighted by atomic mass is 32.2. The second-order valence-electron chi connectivity index (χ2n) is 11.5. The molecule has 0 unspecified atom stereocenters. The zero-order valence-electron chi connectivity index (χ0n) is 25.7. The van der Waals surface area contributed by atoms with E-state index >= 15 is 0 Å². The lowest BCUT2D eigenvalue weighted by Gasteiger charge is -2.36. The lowest BCUT2D eigenvalue weighted by atomic mass is 10.1. The maximum absolute atomic E-state index is 12.7. The van der Waals surface area contributed by atoms with Crippen molar-refractivity contribution in [1.82, 2.24) is 19.5 Å². The zero-order chi connectivity index (χ0) is 31.8. The molecule has 0 bridgehead atoms. The Balaban J connectivity index is 1.10. The van der Waals surface area contributed by atoms with Crippen LogP contribution in [0.5, 0.6) is 0 Å². The van der Waals surface area contributed by atoms with Crippen molar-refractivity contribution in [3.05, 3.63) is 66.7 Å². The summed E-state index contributed by atoms with van der Waals surface area (Å²) < 4.78 is 25.4. The van der Waals surface area contributed by atoms with E-state index in [2.05, 4.69) is 32.4 Å². The first-order valence-corrected chi connectivity index (χ1v) is 17.4. The fourth-order valence-electron chi connectivity index (χ4n) is 5.59. The molecular weight excluding hydrogens is 590 g/mol. The number of anilines is 3. The number of fused-ring (bicyclic) bond motifs is 1. The van der Waals surface area contributed by atoms with Crippen LogP contribution in [0.2, 0.25) is 0 Å². The predicted molar refractivity (Wildman–Crippen MR) is 176 cm³/mol. The number of aromatic nitrogens is 3. The van der Waals surface area contributed by atoms with Gasteiger partial charge < -0.3 is 20.9 Å². The third-order valence-electron chi connectivity index (χ3n) is 8.12. The molecule has 3 N–H and O–H groups in total. The maximum atomic E-state index is 12.7. The molecule has 2 amide bonds. The number of carbonyl (C=O) groups excluding carboxylic acids is 2. The summed E-state index contributed by atoms with van der Waals surface area (Å²) in [6.07, 6.45) is 8.23. The number of hydrogen-bond acceptors (Lipinski definition) is 8. The fraction of sp³-hybridized carbons (Fsp3) is 0.394. The molecule has 1 aliphatic heterocycles. The molecule has 3 heterocycles. The van der Waals surface area contributed by atoms with Crippen LogP contribution >= 0.6 is 0 Å². The number of amides is 2. The molecule has 1 aliphatic rings. The summed E-state index contributed by atoms with van der Waals surface area (Å²) in [7, 11) is -3.27. The van der Waals surface area contributed by atoms with Gasteiger partial charge in [0, 0.05) is 62.2 Å². The van der Waals surface area contributed by atoms with Gasteiger partial charge in [0.2, 0.25) is 17.8 Å². The minimum atomic E-state index is -3.27. The highest BCUT2D eigenvalue weighted by Gasteiger charge is 2.21. The number of unbranched alkanes of at least 4 members (excludes halogenated alkanes) is 5. The van der Waals surface area contributed by atoms with Crippen molar-refractivity contribution in [1.29, 1.82) is 0 Å². The number of pyridine rings is 1. The second kappa shape index (κ2) is 14.6. The number of nitrogens with two attached hydrogens (primary N) is 1. The van der Waals surface area contributed by atoms with E-state index in [1.54, 1.807) is 28.8 Å². The van der Waals surface area contributed by atoms with Gasteiger partial charge in [-0.05, 0) is 61.4 Å². The third-order valence-corrected chi connectivity index (χ3v) is 9.25. The van der Waals surface area contributed by atoms with Crippen LogP contribution in [0.15, 0.2) is 71.6 Å². The van der Waals surface area contributed by atoms with Crippen LogP contribution in [0.1, 0.15) is 51.4 Å². The van der Waals surface area contributed by atoms with E-state index in [1.165, 1.54) is 6.26 Å². The van der Waals surface area contributed by atoms with E-state index in [9.17, 15) is 18.0 Å². The third kappa shape index (κ3) is 8.59. The first-order valence-electron chi connectivity index (χ1n) is 15.5. The van der Waals surface area contributed by atoms with E-state index in [0.717, 1.165) is 87.3 Å². The topological polar surface area (TPSA) is 143 Å². The quantitative estimate of drug-likeness (QED) is 0.189. The smallest absolute Gasteiger partial charge is 0.247 e. The summed E-state index contributed by atoms with van der Waals surface area (Å²) >= 11 is 0. The second-order valence-corrected chi connectivity index (χ2v) is 13.6. The van der Waals surface area contributed by atoms with Gasteiger partial charge >= 0.3 is 0 Å². The van der Waals surface area contributed by atoms with E-state index in [4.69, 9.17) is 5.73 Å². The Bertz CT molecular complexity index is 1710. The summed E-state index contributed by atoms with van der Waals surface area (Å²) in [6.45, 7) is 3.02. The SMILES string of the molecule is CS(=O)(=O)c1ccc(-c2cccc3nc(Nc4ccc(N5CCN(C(=O)CCCCCCCCC(N)=O)CC5)cc4)nn23)cc1. The Morgan fingerprint density at radius 2 is 1.47 bits per heavy atom. The number of hydrogen-bond donors (Lipinski definition) is 2. The lowest BCUT2D eigenvalue weighted by molar-refractivity contribution is -0.131. The standard InChI is InChI=1S/C33H41N7O4S/c1-45(43,44)28-19-13-25(14-20-28)29-9-8-11-31-36-33(37-40(29)31)35-26-15-17-27(18-16-26)38-21-23-39(24-22-38)32(42)12-7-5-3-2-4-6-10-30(34)41/h8-9,11,13-20H,2-7,10,12,21-24H2,1H3,(H2,34,41)(H,35,37). The van der Waals surface area contributed by atoms with Crippen LogP contribution in [0.3, 0.4) is 0 Å². The Labute approximate surface area is 264 Å². The van der Waals surface area contributed by atoms with Crippen molar-refractivity contribution in [3.63, 3.8) is 0 Å². The minimum absolute atomic E-state index is 0.233. The number of nitrogens with zero attached hydrogens (tertiary/aromatic N) is 5. The van der Waals surface area contributed by atoms with Gasteiger partial charge in [-0.1, -0.05) is 43.9 Å². The van der Waals surface area contributed by atoms with Crippen molar-refractivity contribution in [2.45, 2.75) is 56.3 Å². The summed E-state index contributed by atoms with van der Waals surface area (Å²) in [6, 6.07) is 20.6. The van der Waals surface area contributed by atoms with Crippen molar-refractivity contribution in [2.75, 3.05) is 42.7 Å². The largest absolute Gasteiger partial charge is 0.370 e. The predicted octanol–water partition coefficient (Wildman–Crippen LogP) is 4.80. The molecule has 0 atom stereocenters. The van der Waals surface area contributed by atoms with Crippen LogP contribution in [-0.4, -0.2) is 72.2 Å². The Hall–Kier alpha value is -4.45. The monoisotopic (exact) mass is 631 g/mol. The highest BCUT2D eigenvalue weighted by Crippen LogP contribution is 2.25. The summed E-state index contributed by atoms with van der Waals surface area (Å²) in [5, 5.41) is 7.94. The summed E-state index contributed by atoms with van der Waals surface area (Å²) in [5.41, 5.74) is 9.43. The van der Waals surface area contributed by atoms with Gasteiger partial charge in [0.05, 0.1) is 10.6 Å². The number of piperazine rings is 1. The van der Waals surface area contributed by atoms with Crippen LogP contribution < -0.4 is 16.0 Å². The molecule has 1 fully saturated rings. The van der Waals surface area contributed by atoms with Crippen LogP contribution in [0.25, 0.3) is 16.9 Å². The molecule has 2 aromatic carbocycles. The number of primary amides is 1. The molecule has 5 rings (SSSR count). The van der Waals surface area contributed by atoms with E-state index in [1.807, 2.05) is 35.2 Å². The number of nitrogens with one attached hydrogen (secondary N) is 1. The van der Waals surface area contributed by atoms with Gasteiger partial charge in [0.15, 0.2) is 15.5 Å². The molecule has 45 heavy (non-hydrogen) atoms. The van der Waals surface area contributed by atoms with E-state index < -0.39 is 9.84 Å². The fourth-order valence-corrected chi connectivity index (χ4v) is 6.22. The number of benzene rings is 2. The molecule has 4 aromatic rings. The van der Waals surface area contributed by atoms with Gasteiger partial charge in [-0.15, -0.1) is 5.10 Å². The first-order chi connectivity index (χ1) is 21.7. The van der Waals surface area contributed by atoms with Gasteiger partial charge in [-0.3, -0.25) is 9.59 Å². The van der Waals surface area contributed by atoms with Gasteiger partial charge in [-0.25, -0.2) is 12.9 Å². The van der Waals surface area contributed by atoms with Crippen molar-refractivity contribution < 1.29 is 18.0 Å². The molecule has 0 saturated carbocycles. The molecule has 11 nitrogen and oxygen atoms in total. The molecule has 2 aromatic heterocycles. The maximum Gasteiger partial charge on any atom is 0.247 e. The number of rotatable bonds is 14. The average molecular weight is 632 g/mol. The van der Waals surface area contributed by atoms with Crippen LogP contribution in [0, 0.1) is 0 Å². The van der Waals surface area contributed by atoms with Crippen molar-refractivity contribution in [3.8, 4) is 11.3 Å². The molecule has 0 radical (unpaired) electrons. The molecular formula is C33H41N7O4S. The highest BCUT2D eigenvalue weighted by molar-refractivity contribution is 7.90. The van der Waals surface area contributed by atoms with E-state index in [0.29, 0.717) is 24.4 Å². The van der Waals surface area contributed by atoms with Gasteiger partial charge in [-0.2, -0.15) is 4.98 Å². The molecule has 12 heteroatoms. The zero-order valence-corrected chi connectivity index (χ0v) is 26.5. The minimum Gasteiger partial charge on any atom is -0.370 e. The molecule has 0 spiro atoms. The lowest BCUT2D eigenvalue weighted by Crippen LogP contribution is -2.48. The summed E-state index contributed by atoms with van der Waals surface area (Å²) in [5.74, 6) is 0.456. The Kier molecular flexibility index (Phi) is 10.3. The summed E-state index contributed by atoms with van der Waals surface area (Å²) in [4.78, 5) is 32.6. The molecule has 1 saturated heterocycles. The Morgan fingerprint density at radius 3 is 2.11 bits per heavy atom. The van der Waals surface area contributed by atoms with Crippen molar-refractivity contribution in [2.24, 2.45) is 5.73 Å². The normalized spacial score (nSPS) is 13.7. The Morgan fingerprint density at radius 1 is 0.822 bits per heavy atom. The number of sulfone groups is 1. The van der Waals surface area contributed by atoms with Crippen LogP contribution in [-0.2, 0) is 19.4 Å². The molecule has 0 aliphatic carbocycles. The molecule has 238 valence electrons. The van der Waals surface area contributed by atoms with Gasteiger partial charge in [0.1, 0.15) is 0 Å². The van der Waals surface area contributed by atoms with Crippen molar-refractivity contribution >= 4 is 44.6 Å². The average Bonchev–Trinajstić information content (AvgIpc) is 3.45. The van der Waals surface area contributed by atoms with Gasteiger partial charge in [0.25, 0.3) is 0 Å².